The number of ketones is 1. The van der Waals surface area contributed by atoms with E-state index in [4.69, 9.17) is 21.1 Å². The number of ether oxygens (including phenoxy) is 2. The number of benzene rings is 1. The Bertz CT molecular complexity index is 445. The summed E-state index contributed by atoms with van der Waals surface area (Å²) in [6, 6.07) is 7.04. The molecule has 19 heavy (non-hydrogen) atoms. The van der Waals surface area contributed by atoms with E-state index >= 15 is 0 Å². The van der Waals surface area contributed by atoms with Crippen LogP contribution in [0.15, 0.2) is 24.3 Å². The number of Topliss-reactive ketones (excluding diaryl/α,β-unsaturated/α-hetero) is 1. The highest BCUT2D eigenvalue weighted by Gasteiger charge is 2.24. The maximum Gasteiger partial charge on any atom is 0.316 e. The summed E-state index contributed by atoms with van der Waals surface area (Å²) in [6.07, 6.45) is 0.277. The summed E-state index contributed by atoms with van der Waals surface area (Å²) in [5.74, 6) is -0.961. The second kappa shape index (κ2) is 7.79. The molecule has 0 N–H and O–H groups in total. The average molecular weight is 285 g/mol. The molecule has 104 valence electrons. The lowest BCUT2D eigenvalue weighted by Gasteiger charge is -2.13. The molecule has 0 aromatic heterocycles. The van der Waals surface area contributed by atoms with Gasteiger partial charge in [-0.3, -0.25) is 9.59 Å². The Labute approximate surface area is 117 Å². The van der Waals surface area contributed by atoms with Crippen molar-refractivity contribution in [3.05, 3.63) is 29.3 Å². The van der Waals surface area contributed by atoms with Crippen LogP contribution in [0.1, 0.15) is 20.3 Å². The predicted molar refractivity (Wildman–Crippen MR) is 72.4 cm³/mol. The third-order valence-corrected chi connectivity index (χ3v) is 2.87. The van der Waals surface area contributed by atoms with Crippen molar-refractivity contribution in [2.45, 2.75) is 20.3 Å². The van der Waals surface area contributed by atoms with Gasteiger partial charge in [-0.1, -0.05) is 23.7 Å². The van der Waals surface area contributed by atoms with Crippen molar-refractivity contribution in [2.24, 2.45) is 5.92 Å². The first-order valence-corrected chi connectivity index (χ1v) is 6.48. The van der Waals surface area contributed by atoms with Crippen molar-refractivity contribution in [2.75, 3.05) is 13.2 Å². The third kappa shape index (κ3) is 4.91. The van der Waals surface area contributed by atoms with E-state index in [9.17, 15) is 9.59 Å². The molecule has 1 aromatic carbocycles. The van der Waals surface area contributed by atoms with E-state index < -0.39 is 11.9 Å². The predicted octanol–water partition coefficient (Wildman–Crippen LogP) is 2.88. The number of esters is 1. The molecule has 1 rings (SSSR count). The smallest absolute Gasteiger partial charge is 0.316 e. The number of carbonyl (C=O) groups is 2. The van der Waals surface area contributed by atoms with Gasteiger partial charge < -0.3 is 9.47 Å². The summed E-state index contributed by atoms with van der Waals surface area (Å²) in [6.45, 7) is 3.56. The number of halogens is 1. The zero-order valence-electron chi connectivity index (χ0n) is 11.0. The fourth-order valence-corrected chi connectivity index (χ4v) is 1.77. The highest BCUT2D eigenvalue weighted by molar-refractivity contribution is 6.32. The first-order valence-electron chi connectivity index (χ1n) is 6.10. The summed E-state index contributed by atoms with van der Waals surface area (Å²) < 4.78 is 10.3. The first-order chi connectivity index (χ1) is 9.06. The van der Waals surface area contributed by atoms with Crippen molar-refractivity contribution in [3.63, 3.8) is 0 Å². The number of hydrogen-bond donors (Lipinski definition) is 0. The molecule has 1 aromatic rings. The molecule has 0 aliphatic rings. The van der Waals surface area contributed by atoms with E-state index in [0.29, 0.717) is 10.8 Å². The molecule has 0 saturated carbocycles. The molecule has 0 heterocycles. The van der Waals surface area contributed by atoms with Crippen molar-refractivity contribution >= 4 is 23.4 Å². The largest absolute Gasteiger partial charge is 0.492 e. The maximum absolute atomic E-state index is 11.6. The zero-order chi connectivity index (χ0) is 14.3. The monoisotopic (exact) mass is 284 g/mol. The molecule has 0 spiro atoms. The van der Waals surface area contributed by atoms with Crippen LogP contribution >= 0.6 is 11.6 Å². The lowest BCUT2D eigenvalue weighted by atomic mass is 10.0. The topological polar surface area (TPSA) is 52.6 Å². The Balaban J connectivity index is 2.51. The summed E-state index contributed by atoms with van der Waals surface area (Å²) in [7, 11) is 0. The van der Waals surface area contributed by atoms with Crippen LogP contribution in [0.4, 0.5) is 0 Å². The molecule has 0 amide bonds. The Hall–Kier alpha value is -1.55. The van der Waals surface area contributed by atoms with Gasteiger partial charge in [-0.25, -0.2) is 0 Å². The van der Waals surface area contributed by atoms with E-state index in [1.54, 1.807) is 31.2 Å². The molecular weight excluding hydrogens is 268 g/mol. The second-order valence-electron chi connectivity index (χ2n) is 3.98. The van der Waals surface area contributed by atoms with E-state index in [1.165, 1.54) is 6.92 Å². The van der Waals surface area contributed by atoms with E-state index in [1.807, 2.05) is 0 Å². The molecule has 0 aliphatic heterocycles. The van der Waals surface area contributed by atoms with E-state index in [-0.39, 0.29) is 25.4 Å². The summed E-state index contributed by atoms with van der Waals surface area (Å²) in [5, 5.41) is 0.498. The quantitative estimate of drug-likeness (QED) is 0.571. The Kier molecular flexibility index (Phi) is 6.36. The van der Waals surface area contributed by atoms with Crippen LogP contribution in [0.3, 0.4) is 0 Å². The molecule has 0 saturated heterocycles. The van der Waals surface area contributed by atoms with Gasteiger partial charge in [-0.15, -0.1) is 0 Å². The highest BCUT2D eigenvalue weighted by atomic mass is 35.5. The molecule has 0 radical (unpaired) electrons. The van der Waals surface area contributed by atoms with Crippen LogP contribution in [0, 0.1) is 5.92 Å². The normalized spacial score (nSPS) is 11.7. The molecule has 0 bridgehead atoms. The van der Waals surface area contributed by atoms with Crippen LogP contribution in [-0.2, 0) is 14.3 Å². The molecule has 1 atom stereocenters. The van der Waals surface area contributed by atoms with Gasteiger partial charge in [0.15, 0.2) is 0 Å². The SMILES string of the molecule is CCOC(=O)C(CCOc1ccccc1Cl)C(C)=O. The van der Waals surface area contributed by atoms with Crippen LogP contribution in [-0.4, -0.2) is 25.0 Å². The molecule has 1 unspecified atom stereocenters. The van der Waals surface area contributed by atoms with E-state index in [2.05, 4.69) is 0 Å². The fourth-order valence-electron chi connectivity index (χ4n) is 1.58. The lowest BCUT2D eigenvalue weighted by molar-refractivity contribution is -0.151. The summed E-state index contributed by atoms with van der Waals surface area (Å²) in [4.78, 5) is 23.0. The van der Waals surface area contributed by atoms with Gasteiger partial charge in [0.25, 0.3) is 0 Å². The van der Waals surface area contributed by atoms with Crippen molar-refractivity contribution in [1.29, 1.82) is 0 Å². The lowest BCUT2D eigenvalue weighted by Crippen LogP contribution is -2.26. The summed E-state index contributed by atoms with van der Waals surface area (Å²) in [5.41, 5.74) is 0. The fraction of sp³-hybridized carbons (Fsp3) is 0.429. The van der Waals surface area contributed by atoms with Crippen LogP contribution < -0.4 is 4.74 Å². The molecule has 0 fully saturated rings. The van der Waals surface area contributed by atoms with Gasteiger partial charge in [0, 0.05) is 6.42 Å². The van der Waals surface area contributed by atoms with Gasteiger partial charge in [0.2, 0.25) is 0 Å². The van der Waals surface area contributed by atoms with Crippen LogP contribution in [0.25, 0.3) is 0 Å². The summed E-state index contributed by atoms with van der Waals surface area (Å²) >= 11 is 5.93. The Morgan fingerprint density at radius 3 is 2.58 bits per heavy atom. The number of para-hydroxylation sites is 1. The van der Waals surface area contributed by atoms with Crippen LogP contribution in [0.2, 0.25) is 5.02 Å². The van der Waals surface area contributed by atoms with E-state index in [0.717, 1.165) is 0 Å². The molecule has 5 heteroatoms. The van der Waals surface area contributed by atoms with Crippen LogP contribution in [0.5, 0.6) is 5.75 Å². The van der Waals surface area contributed by atoms with Gasteiger partial charge in [0.1, 0.15) is 17.5 Å². The minimum atomic E-state index is -0.776. The minimum absolute atomic E-state index is 0.221. The molecular formula is C14H17ClO4. The van der Waals surface area contributed by atoms with Crippen molar-refractivity contribution < 1.29 is 19.1 Å². The van der Waals surface area contributed by atoms with Gasteiger partial charge in [0.05, 0.1) is 18.2 Å². The Morgan fingerprint density at radius 1 is 1.32 bits per heavy atom. The molecule has 4 nitrogen and oxygen atoms in total. The third-order valence-electron chi connectivity index (χ3n) is 2.56. The Morgan fingerprint density at radius 2 is 2.00 bits per heavy atom. The second-order valence-corrected chi connectivity index (χ2v) is 4.39. The standard InChI is InChI=1S/C14H17ClO4/c1-3-18-14(17)11(10(2)16)8-9-19-13-7-5-4-6-12(13)15/h4-7,11H,3,8-9H2,1-2H3. The first kappa shape index (κ1) is 15.5. The highest BCUT2D eigenvalue weighted by Crippen LogP contribution is 2.23. The van der Waals surface area contributed by atoms with Gasteiger partial charge in [-0.05, 0) is 26.0 Å². The van der Waals surface area contributed by atoms with Crippen molar-refractivity contribution in [1.82, 2.24) is 0 Å². The number of rotatable bonds is 7. The molecule has 0 aliphatic carbocycles. The average Bonchev–Trinajstić information content (AvgIpc) is 2.36. The number of carbonyl (C=O) groups excluding carboxylic acids is 2. The minimum Gasteiger partial charge on any atom is -0.492 e. The van der Waals surface area contributed by atoms with Gasteiger partial charge >= 0.3 is 5.97 Å². The maximum atomic E-state index is 11.6. The zero-order valence-corrected chi connectivity index (χ0v) is 11.8. The number of hydrogen-bond acceptors (Lipinski definition) is 4. The van der Waals surface area contributed by atoms with Crippen molar-refractivity contribution in [3.8, 4) is 5.75 Å². The van der Waals surface area contributed by atoms with Gasteiger partial charge in [-0.2, -0.15) is 0 Å².